The second kappa shape index (κ2) is 11.6. The molecule has 2 saturated heterocycles. The molecule has 4 aliphatic rings. The molecule has 4 atom stereocenters. The van der Waals surface area contributed by atoms with E-state index in [2.05, 4.69) is 48.0 Å². The van der Waals surface area contributed by atoms with Gasteiger partial charge in [0.2, 0.25) is 0 Å². The minimum atomic E-state index is -0.0710. The summed E-state index contributed by atoms with van der Waals surface area (Å²) >= 11 is 1.74. The van der Waals surface area contributed by atoms with Gasteiger partial charge in [-0.2, -0.15) is 0 Å². The monoisotopic (exact) mass is 585 g/mol. The van der Waals surface area contributed by atoms with Crippen molar-refractivity contribution in [2.45, 2.75) is 59.5 Å². The number of likely N-dealkylation sites (tertiary alicyclic amines) is 2. The number of amides is 1. The van der Waals surface area contributed by atoms with Crippen molar-refractivity contribution in [3.05, 3.63) is 69.6 Å². The van der Waals surface area contributed by atoms with E-state index in [0.29, 0.717) is 23.9 Å². The zero-order valence-electron chi connectivity index (χ0n) is 25.2. The lowest BCUT2D eigenvalue weighted by Crippen LogP contribution is -2.50. The summed E-state index contributed by atoms with van der Waals surface area (Å²) in [5.74, 6) is 2.91. The molecule has 2 heterocycles. The van der Waals surface area contributed by atoms with Crippen LogP contribution in [0.15, 0.2) is 46.8 Å². The number of ether oxygens (including phenoxy) is 1. The van der Waals surface area contributed by atoms with Crippen LogP contribution in [-0.4, -0.2) is 60.8 Å². The van der Waals surface area contributed by atoms with Crippen molar-refractivity contribution >= 4 is 36.4 Å². The third-order valence-electron chi connectivity index (χ3n) is 10.5. The highest BCUT2D eigenvalue weighted by molar-refractivity contribution is 8.02. The maximum atomic E-state index is 13.0. The number of aliphatic imine (C=N–C) groups is 1. The molecule has 0 N–H and O–H groups in total. The Hall–Kier alpha value is -2.90. The molecule has 42 heavy (non-hydrogen) atoms. The van der Waals surface area contributed by atoms with E-state index in [-0.39, 0.29) is 11.3 Å². The second-order valence-electron chi connectivity index (χ2n) is 12.9. The van der Waals surface area contributed by atoms with E-state index >= 15 is 0 Å². The first-order chi connectivity index (χ1) is 20.3. The van der Waals surface area contributed by atoms with Crippen LogP contribution in [0, 0.1) is 36.5 Å². The van der Waals surface area contributed by atoms with Gasteiger partial charge < -0.3 is 14.4 Å². The van der Waals surface area contributed by atoms with Crippen molar-refractivity contribution in [3.8, 4) is 5.75 Å². The smallest absolute Gasteiger partial charge is 0.253 e. The molecule has 1 amide bonds. The molecule has 222 valence electrons. The summed E-state index contributed by atoms with van der Waals surface area (Å²) in [5, 5.41) is 2.09. The lowest BCUT2D eigenvalue weighted by molar-refractivity contribution is -0.130. The maximum absolute atomic E-state index is 13.0. The average molecular weight is 586 g/mol. The second-order valence-corrected chi connectivity index (χ2v) is 13.7. The molecule has 0 bridgehead atoms. The summed E-state index contributed by atoms with van der Waals surface area (Å²) in [6.07, 6.45) is 6.85. The van der Waals surface area contributed by atoms with E-state index in [1.165, 1.54) is 19.1 Å². The average Bonchev–Trinajstić information content (AvgIpc) is 3.55. The standard InChI is InChI=1S/C35H43N3O3S/c1-5-34(22-39)31-17-35(31)21-37(18-32(34)35)23-42-20-29(36-4)28-15-24(2)9-12-30(28)41-19-27-11-10-26(16-25(27)3)33(40)38-13-7-6-8-14-38/h9-12,15-16,20,22,31-32H,4-8,13-14,17-19,21,23H2,1-3H3/b29-20-. The Labute approximate surface area is 254 Å². The molecule has 2 aliphatic carbocycles. The number of aldehydes is 1. The van der Waals surface area contributed by atoms with Crippen molar-refractivity contribution in [1.82, 2.24) is 9.80 Å². The normalized spacial score (nSPS) is 28.5. The van der Waals surface area contributed by atoms with Crippen LogP contribution in [0.3, 0.4) is 0 Å². The van der Waals surface area contributed by atoms with Crippen LogP contribution in [-0.2, 0) is 11.4 Å². The molecule has 7 heteroatoms. The van der Waals surface area contributed by atoms with Crippen LogP contribution in [0.2, 0.25) is 0 Å². The predicted molar refractivity (Wildman–Crippen MR) is 171 cm³/mol. The quantitative estimate of drug-likeness (QED) is 0.216. The van der Waals surface area contributed by atoms with E-state index < -0.39 is 0 Å². The van der Waals surface area contributed by atoms with Gasteiger partial charge in [-0.1, -0.05) is 24.6 Å². The van der Waals surface area contributed by atoms with Crippen LogP contribution < -0.4 is 4.74 Å². The van der Waals surface area contributed by atoms with Gasteiger partial charge in [0.1, 0.15) is 18.6 Å². The Kier molecular flexibility index (Phi) is 8.09. The number of nitrogens with zero attached hydrogens (tertiary/aromatic N) is 3. The number of carbonyl (C=O) groups excluding carboxylic acids is 2. The van der Waals surface area contributed by atoms with Gasteiger partial charge in [0.15, 0.2) is 0 Å². The zero-order chi connectivity index (χ0) is 29.5. The van der Waals surface area contributed by atoms with E-state index in [1.807, 2.05) is 36.1 Å². The fourth-order valence-corrected chi connectivity index (χ4v) is 8.97. The number of rotatable bonds is 11. The minimum absolute atomic E-state index is 0.0710. The molecule has 4 unspecified atom stereocenters. The topological polar surface area (TPSA) is 62.2 Å². The van der Waals surface area contributed by atoms with E-state index in [1.54, 1.807) is 11.8 Å². The summed E-state index contributed by atoms with van der Waals surface area (Å²) in [7, 11) is 0. The highest BCUT2D eigenvalue weighted by Gasteiger charge is 2.82. The lowest BCUT2D eigenvalue weighted by atomic mass is 9.54. The Bertz CT molecular complexity index is 1420. The van der Waals surface area contributed by atoms with Gasteiger partial charge >= 0.3 is 0 Å². The molecular formula is C35H43N3O3S. The number of piperidine rings is 1. The number of carbonyl (C=O) groups is 2. The van der Waals surface area contributed by atoms with Crippen molar-refractivity contribution in [2.24, 2.45) is 27.7 Å². The van der Waals surface area contributed by atoms with Crippen LogP contribution in [0.4, 0.5) is 0 Å². The molecule has 6 nitrogen and oxygen atoms in total. The predicted octanol–water partition coefficient (Wildman–Crippen LogP) is 6.75. The number of benzene rings is 2. The molecule has 6 rings (SSSR count). The summed E-state index contributed by atoms with van der Waals surface area (Å²) in [6.45, 7) is 14.4. The maximum Gasteiger partial charge on any atom is 0.253 e. The SMILES string of the molecule is C=N/C(=C\SCN1CC2C(C=O)(CC)C3CC23C1)c1cc(C)ccc1OCc1ccc(C(=O)N2CCCCC2)cc1C. The van der Waals surface area contributed by atoms with Crippen molar-refractivity contribution in [3.63, 3.8) is 0 Å². The van der Waals surface area contributed by atoms with E-state index in [0.717, 1.165) is 90.6 Å². The first-order valence-corrected chi connectivity index (χ1v) is 16.5. The third-order valence-corrected chi connectivity index (χ3v) is 11.5. The zero-order valence-corrected chi connectivity index (χ0v) is 26.0. The van der Waals surface area contributed by atoms with E-state index in [9.17, 15) is 9.59 Å². The Morgan fingerprint density at radius 3 is 2.67 bits per heavy atom. The van der Waals surface area contributed by atoms with Crippen molar-refractivity contribution < 1.29 is 14.3 Å². The summed E-state index contributed by atoms with van der Waals surface area (Å²) in [6, 6.07) is 12.1. The molecule has 2 aliphatic heterocycles. The number of aryl methyl sites for hydroxylation is 2. The Morgan fingerprint density at radius 2 is 1.95 bits per heavy atom. The van der Waals surface area contributed by atoms with Crippen LogP contribution in [0.25, 0.3) is 5.70 Å². The summed E-state index contributed by atoms with van der Waals surface area (Å²) < 4.78 is 6.36. The van der Waals surface area contributed by atoms with Gasteiger partial charge in [-0.15, -0.1) is 11.8 Å². The number of hydrogen-bond acceptors (Lipinski definition) is 6. The molecular weight excluding hydrogens is 542 g/mol. The number of thioether (sulfide) groups is 1. The van der Waals surface area contributed by atoms with E-state index in [4.69, 9.17) is 4.74 Å². The van der Waals surface area contributed by atoms with Crippen LogP contribution in [0.5, 0.6) is 5.75 Å². The first-order valence-electron chi connectivity index (χ1n) is 15.4. The first kappa shape index (κ1) is 29.2. The van der Waals surface area contributed by atoms with Crippen LogP contribution >= 0.6 is 11.8 Å². The molecule has 0 aromatic heterocycles. The van der Waals surface area contributed by atoms with Gasteiger partial charge in [0.25, 0.3) is 5.91 Å². The van der Waals surface area contributed by atoms with Crippen molar-refractivity contribution in [1.29, 1.82) is 0 Å². The van der Waals surface area contributed by atoms with Gasteiger partial charge in [0, 0.05) is 48.6 Å². The van der Waals surface area contributed by atoms with Gasteiger partial charge in [-0.3, -0.25) is 14.7 Å². The fraction of sp³-hybridized carbons (Fsp3) is 0.514. The van der Waals surface area contributed by atoms with Gasteiger partial charge in [0.05, 0.1) is 5.70 Å². The highest BCUT2D eigenvalue weighted by atomic mass is 32.2. The Morgan fingerprint density at radius 1 is 1.14 bits per heavy atom. The molecule has 2 aromatic carbocycles. The molecule has 1 spiro atoms. The molecule has 2 saturated carbocycles. The molecule has 0 radical (unpaired) electrons. The van der Waals surface area contributed by atoms with Crippen LogP contribution in [0.1, 0.15) is 71.6 Å². The largest absolute Gasteiger partial charge is 0.488 e. The Balaban J connectivity index is 1.10. The third kappa shape index (κ3) is 5.02. The number of hydrogen-bond donors (Lipinski definition) is 0. The minimum Gasteiger partial charge on any atom is -0.488 e. The summed E-state index contributed by atoms with van der Waals surface area (Å²) in [5.41, 5.74) is 6.07. The van der Waals surface area contributed by atoms with Crippen molar-refractivity contribution in [2.75, 3.05) is 32.1 Å². The lowest BCUT2D eigenvalue weighted by Gasteiger charge is -2.47. The highest BCUT2D eigenvalue weighted by Crippen LogP contribution is 2.82. The van der Waals surface area contributed by atoms with Gasteiger partial charge in [-0.25, -0.2) is 0 Å². The summed E-state index contributed by atoms with van der Waals surface area (Å²) in [4.78, 5) is 33.8. The molecule has 4 fully saturated rings. The molecule has 2 aromatic rings. The fourth-order valence-electron chi connectivity index (χ4n) is 8.13. The van der Waals surface area contributed by atoms with Gasteiger partial charge in [-0.05, 0) is 111 Å².